The van der Waals surface area contributed by atoms with Crippen LogP contribution in [0.2, 0.25) is 5.02 Å². The number of para-hydroxylation sites is 1. The van der Waals surface area contributed by atoms with Gasteiger partial charge in [0.15, 0.2) is 0 Å². The van der Waals surface area contributed by atoms with Gasteiger partial charge in [-0.05, 0) is 42.2 Å². The number of hydrogen-bond donors (Lipinski definition) is 2. The van der Waals surface area contributed by atoms with Crippen LogP contribution in [0.5, 0.6) is 5.75 Å². The molecule has 1 heterocycles. The quantitative estimate of drug-likeness (QED) is 0.914. The van der Waals surface area contributed by atoms with E-state index in [0.29, 0.717) is 18.0 Å². The number of halogens is 1. The van der Waals surface area contributed by atoms with Crippen molar-refractivity contribution in [3.63, 3.8) is 0 Å². The maximum Gasteiger partial charge on any atom is 0.244 e. The molecule has 3 rings (SSSR count). The highest BCUT2D eigenvalue weighted by atomic mass is 35.5. The lowest BCUT2D eigenvalue weighted by Gasteiger charge is -2.22. The van der Waals surface area contributed by atoms with Crippen molar-refractivity contribution in [2.45, 2.75) is 18.9 Å². The molecule has 2 aromatic carbocycles. The Bertz CT molecular complexity index is 718. The molecule has 5 heteroatoms. The Labute approximate surface area is 134 Å². The molecule has 0 aliphatic carbocycles. The first kappa shape index (κ1) is 14.9. The summed E-state index contributed by atoms with van der Waals surface area (Å²) >= 11 is 6.08. The number of phenols is 1. The van der Waals surface area contributed by atoms with Crippen molar-refractivity contribution in [1.82, 2.24) is 0 Å². The standard InChI is InChI=1S/C17H17ClN2O2/c18-14-10-13(21)6-5-12(14)9-15(19)17(22)20-8-7-11-3-1-2-4-16(11)20/h1-6,10,15,21H,7-9,19H2/t15-/m0/s1. The summed E-state index contributed by atoms with van der Waals surface area (Å²) < 4.78 is 0. The van der Waals surface area contributed by atoms with E-state index in [9.17, 15) is 9.90 Å². The Morgan fingerprint density at radius 2 is 2.09 bits per heavy atom. The lowest BCUT2D eigenvalue weighted by Crippen LogP contribution is -2.44. The van der Waals surface area contributed by atoms with Crippen molar-refractivity contribution < 1.29 is 9.90 Å². The number of anilines is 1. The molecule has 1 aliphatic heterocycles. The van der Waals surface area contributed by atoms with Gasteiger partial charge in [-0.3, -0.25) is 4.79 Å². The molecule has 0 bridgehead atoms. The highest BCUT2D eigenvalue weighted by molar-refractivity contribution is 6.31. The van der Waals surface area contributed by atoms with E-state index in [4.69, 9.17) is 17.3 Å². The van der Waals surface area contributed by atoms with Gasteiger partial charge < -0.3 is 15.7 Å². The molecule has 0 saturated carbocycles. The maximum absolute atomic E-state index is 12.6. The molecule has 114 valence electrons. The molecular formula is C17H17ClN2O2. The summed E-state index contributed by atoms with van der Waals surface area (Å²) in [4.78, 5) is 14.3. The predicted molar refractivity (Wildman–Crippen MR) is 87.3 cm³/mol. The molecule has 2 aromatic rings. The first-order valence-electron chi connectivity index (χ1n) is 7.18. The first-order valence-corrected chi connectivity index (χ1v) is 7.56. The van der Waals surface area contributed by atoms with Gasteiger partial charge in [-0.2, -0.15) is 0 Å². The van der Waals surface area contributed by atoms with Crippen molar-refractivity contribution in [1.29, 1.82) is 0 Å². The van der Waals surface area contributed by atoms with Crippen LogP contribution in [0, 0.1) is 0 Å². The second-order valence-corrected chi connectivity index (χ2v) is 5.86. The zero-order valence-corrected chi connectivity index (χ0v) is 12.8. The van der Waals surface area contributed by atoms with Gasteiger partial charge in [0.25, 0.3) is 0 Å². The third-order valence-corrected chi connectivity index (χ3v) is 4.30. The summed E-state index contributed by atoms with van der Waals surface area (Å²) in [6.07, 6.45) is 1.20. The molecule has 1 aliphatic rings. The van der Waals surface area contributed by atoms with Crippen LogP contribution in [0.1, 0.15) is 11.1 Å². The topological polar surface area (TPSA) is 66.6 Å². The summed E-state index contributed by atoms with van der Waals surface area (Å²) in [6, 6.07) is 11.9. The second-order valence-electron chi connectivity index (χ2n) is 5.45. The predicted octanol–water partition coefficient (Wildman–Crippen LogP) is 2.50. The van der Waals surface area contributed by atoms with Crippen LogP contribution < -0.4 is 10.6 Å². The summed E-state index contributed by atoms with van der Waals surface area (Å²) in [5.41, 5.74) is 8.95. The number of hydrogen-bond acceptors (Lipinski definition) is 3. The molecule has 0 spiro atoms. The lowest BCUT2D eigenvalue weighted by atomic mass is 10.0. The molecule has 1 amide bonds. The third kappa shape index (κ3) is 2.80. The number of nitrogens with two attached hydrogens (primary N) is 1. The van der Waals surface area contributed by atoms with E-state index in [1.54, 1.807) is 17.0 Å². The number of aromatic hydroxyl groups is 1. The molecule has 1 atom stereocenters. The molecule has 4 nitrogen and oxygen atoms in total. The van der Waals surface area contributed by atoms with Gasteiger partial charge in [0, 0.05) is 17.3 Å². The average Bonchev–Trinajstić information content (AvgIpc) is 2.93. The Kier molecular flexibility index (Phi) is 4.05. The van der Waals surface area contributed by atoms with Crippen LogP contribution in [0.25, 0.3) is 0 Å². The molecule has 3 N–H and O–H groups in total. The van der Waals surface area contributed by atoms with Gasteiger partial charge >= 0.3 is 0 Å². The Morgan fingerprint density at radius 1 is 1.32 bits per heavy atom. The minimum Gasteiger partial charge on any atom is -0.508 e. The molecule has 0 unspecified atom stereocenters. The van der Waals surface area contributed by atoms with Crippen LogP contribution in [-0.4, -0.2) is 23.6 Å². The van der Waals surface area contributed by atoms with Crippen LogP contribution >= 0.6 is 11.6 Å². The maximum atomic E-state index is 12.6. The third-order valence-electron chi connectivity index (χ3n) is 3.95. The highest BCUT2D eigenvalue weighted by Crippen LogP contribution is 2.28. The fourth-order valence-electron chi connectivity index (χ4n) is 2.79. The first-order chi connectivity index (χ1) is 10.6. The van der Waals surface area contributed by atoms with Gasteiger partial charge in [0.2, 0.25) is 5.91 Å². The van der Waals surface area contributed by atoms with E-state index in [1.807, 2.05) is 24.3 Å². The van der Waals surface area contributed by atoms with Crippen molar-refractivity contribution in [2.24, 2.45) is 5.73 Å². The Balaban J connectivity index is 1.76. The SMILES string of the molecule is N[C@@H](Cc1ccc(O)cc1Cl)C(=O)N1CCc2ccccc21. The molecule has 0 radical (unpaired) electrons. The van der Waals surface area contributed by atoms with Crippen LogP contribution in [0.4, 0.5) is 5.69 Å². The van der Waals surface area contributed by atoms with Crippen molar-refractivity contribution in [2.75, 3.05) is 11.4 Å². The van der Waals surface area contributed by atoms with E-state index < -0.39 is 6.04 Å². The summed E-state index contributed by atoms with van der Waals surface area (Å²) in [6.45, 7) is 0.662. The molecule has 0 aromatic heterocycles. The monoisotopic (exact) mass is 316 g/mol. The molecule has 22 heavy (non-hydrogen) atoms. The normalized spacial score (nSPS) is 14.7. The molecular weight excluding hydrogens is 300 g/mol. The summed E-state index contributed by atoms with van der Waals surface area (Å²) in [5, 5.41) is 9.79. The van der Waals surface area contributed by atoms with Crippen LogP contribution in [0.3, 0.4) is 0 Å². The Hall–Kier alpha value is -2.04. The number of nitrogens with zero attached hydrogens (tertiary/aromatic N) is 1. The number of benzene rings is 2. The fraction of sp³-hybridized carbons (Fsp3) is 0.235. The van der Waals surface area contributed by atoms with Gasteiger partial charge in [-0.25, -0.2) is 0 Å². The van der Waals surface area contributed by atoms with Crippen molar-refractivity contribution in [3.8, 4) is 5.75 Å². The number of carbonyl (C=O) groups is 1. The Morgan fingerprint density at radius 3 is 2.86 bits per heavy atom. The highest BCUT2D eigenvalue weighted by Gasteiger charge is 2.28. The number of amides is 1. The number of carbonyl (C=O) groups excluding carboxylic acids is 1. The van der Waals surface area contributed by atoms with E-state index in [2.05, 4.69) is 0 Å². The van der Waals surface area contributed by atoms with Crippen molar-refractivity contribution in [3.05, 3.63) is 58.6 Å². The minimum absolute atomic E-state index is 0.0992. The number of rotatable bonds is 3. The van der Waals surface area contributed by atoms with Gasteiger partial charge in [-0.15, -0.1) is 0 Å². The summed E-state index contributed by atoms with van der Waals surface area (Å²) in [5.74, 6) is -0.00351. The van der Waals surface area contributed by atoms with E-state index >= 15 is 0 Å². The zero-order chi connectivity index (χ0) is 15.7. The molecule has 0 fully saturated rings. The largest absolute Gasteiger partial charge is 0.508 e. The smallest absolute Gasteiger partial charge is 0.244 e. The number of fused-ring (bicyclic) bond motifs is 1. The van der Waals surface area contributed by atoms with E-state index in [-0.39, 0.29) is 11.7 Å². The molecule has 0 saturated heterocycles. The minimum atomic E-state index is -0.659. The van der Waals surface area contributed by atoms with E-state index in [1.165, 1.54) is 11.6 Å². The fourth-order valence-corrected chi connectivity index (χ4v) is 3.05. The van der Waals surface area contributed by atoms with Gasteiger partial charge in [0.05, 0.1) is 6.04 Å². The summed E-state index contributed by atoms with van der Waals surface area (Å²) in [7, 11) is 0. The lowest BCUT2D eigenvalue weighted by molar-refractivity contribution is -0.119. The van der Waals surface area contributed by atoms with Gasteiger partial charge in [-0.1, -0.05) is 35.9 Å². The van der Waals surface area contributed by atoms with Crippen molar-refractivity contribution >= 4 is 23.2 Å². The number of phenolic OH excluding ortho intramolecular Hbond substituents is 1. The zero-order valence-electron chi connectivity index (χ0n) is 12.0. The van der Waals surface area contributed by atoms with Crippen LogP contribution in [0.15, 0.2) is 42.5 Å². The average molecular weight is 317 g/mol. The second kappa shape index (κ2) is 5.99. The van der Waals surface area contributed by atoms with Crippen LogP contribution in [-0.2, 0) is 17.6 Å². The van der Waals surface area contributed by atoms with Gasteiger partial charge in [0.1, 0.15) is 5.75 Å². The van der Waals surface area contributed by atoms with E-state index in [0.717, 1.165) is 17.7 Å².